The number of ether oxygens (including phenoxy) is 2. The second-order valence-corrected chi connectivity index (χ2v) is 7.19. The number of methoxy groups -OCH3 is 2. The van der Waals surface area contributed by atoms with Crippen molar-refractivity contribution in [1.29, 1.82) is 0 Å². The van der Waals surface area contributed by atoms with Crippen LogP contribution in [0.3, 0.4) is 0 Å². The first-order valence-corrected chi connectivity index (χ1v) is 9.80. The van der Waals surface area contributed by atoms with Gasteiger partial charge in [-0.25, -0.2) is 0 Å². The fourth-order valence-electron chi connectivity index (χ4n) is 3.52. The van der Waals surface area contributed by atoms with Crippen molar-refractivity contribution in [2.75, 3.05) is 33.9 Å². The Balaban J connectivity index is 1.63. The maximum atomic E-state index is 12.0. The van der Waals surface area contributed by atoms with Crippen LogP contribution in [0.5, 0.6) is 11.5 Å². The lowest BCUT2D eigenvalue weighted by atomic mass is 10.2. The molecular weight excluding hydrogens is 374 g/mol. The second-order valence-electron chi connectivity index (χ2n) is 7.19. The van der Waals surface area contributed by atoms with Crippen LogP contribution in [0.4, 0.5) is 0 Å². The standard InChI is InChI=1S/C20H29N5O4/c1-14(21-19(27)7-11-28-2)20-23-22-18-6-8-24(9-10-25(18)20)13-15-4-5-16(26)17(12-15)29-3/h4-5,12,14,26H,6-11,13H2,1-3H3,(H,21,27)/t14-/m0/s1. The summed E-state index contributed by atoms with van der Waals surface area (Å²) >= 11 is 0. The van der Waals surface area contributed by atoms with E-state index in [9.17, 15) is 9.90 Å². The first kappa shape index (κ1) is 21.1. The number of aromatic nitrogens is 3. The van der Waals surface area contributed by atoms with Gasteiger partial charge in [-0.2, -0.15) is 0 Å². The quantitative estimate of drug-likeness (QED) is 0.684. The summed E-state index contributed by atoms with van der Waals surface area (Å²) in [6.45, 7) is 5.53. The molecule has 0 unspecified atom stereocenters. The molecule has 1 aromatic heterocycles. The molecule has 9 nitrogen and oxygen atoms in total. The molecular formula is C20H29N5O4. The molecule has 2 N–H and O–H groups in total. The second kappa shape index (κ2) is 9.71. The van der Waals surface area contributed by atoms with Crippen LogP contribution in [0, 0.1) is 0 Å². The van der Waals surface area contributed by atoms with Gasteiger partial charge in [0.05, 0.1) is 19.8 Å². The Morgan fingerprint density at radius 2 is 2.10 bits per heavy atom. The van der Waals surface area contributed by atoms with Gasteiger partial charge < -0.3 is 24.5 Å². The molecule has 0 radical (unpaired) electrons. The van der Waals surface area contributed by atoms with Gasteiger partial charge in [-0.05, 0) is 24.6 Å². The van der Waals surface area contributed by atoms with Crippen molar-refractivity contribution in [2.24, 2.45) is 0 Å². The van der Waals surface area contributed by atoms with Crippen LogP contribution in [0.2, 0.25) is 0 Å². The van der Waals surface area contributed by atoms with Gasteiger partial charge in [-0.15, -0.1) is 10.2 Å². The van der Waals surface area contributed by atoms with Gasteiger partial charge in [0, 0.05) is 46.1 Å². The number of aromatic hydroxyl groups is 1. The number of benzene rings is 1. The fourth-order valence-corrected chi connectivity index (χ4v) is 3.52. The lowest BCUT2D eigenvalue weighted by Crippen LogP contribution is -2.30. The van der Waals surface area contributed by atoms with E-state index in [1.54, 1.807) is 20.3 Å². The molecule has 2 heterocycles. The molecule has 1 amide bonds. The predicted octanol–water partition coefficient (Wildman–Crippen LogP) is 1.26. The van der Waals surface area contributed by atoms with Crippen molar-refractivity contribution in [3.63, 3.8) is 0 Å². The summed E-state index contributed by atoms with van der Waals surface area (Å²) in [4.78, 5) is 14.3. The molecule has 0 saturated heterocycles. The van der Waals surface area contributed by atoms with Crippen LogP contribution >= 0.6 is 0 Å². The molecule has 2 aromatic rings. The molecule has 0 aliphatic carbocycles. The zero-order valence-corrected chi connectivity index (χ0v) is 17.2. The summed E-state index contributed by atoms with van der Waals surface area (Å²) in [7, 11) is 3.13. The summed E-state index contributed by atoms with van der Waals surface area (Å²) in [5, 5.41) is 21.4. The van der Waals surface area contributed by atoms with Gasteiger partial charge >= 0.3 is 0 Å². The Labute approximate surface area is 170 Å². The fraction of sp³-hybridized carbons (Fsp3) is 0.550. The number of hydrogen-bond acceptors (Lipinski definition) is 7. The summed E-state index contributed by atoms with van der Waals surface area (Å²) in [5.74, 6) is 2.27. The summed E-state index contributed by atoms with van der Waals surface area (Å²) in [6.07, 6.45) is 1.11. The number of rotatable bonds is 8. The third-order valence-corrected chi connectivity index (χ3v) is 5.10. The van der Waals surface area contributed by atoms with Crippen molar-refractivity contribution in [3.8, 4) is 11.5 Å². The molecule has 1 aliphatic rings. The van der Waals surface area contributed by atoms with E-state index in [2.05, 4.69) is 25.0 Å². The SMILES string of the molecule is COCCC(=O)N[C@@H](C)c1nnc2n1CCN(Cc1ccc(O)c(OC)c1)CC2. The van der Waals surface area contributed by atoms with Crippen molar-refractivity contribution in [3.05, 3.63) is 35.4 Å². The normalized spacial score (nSPS) is 15.4. The van der Waals surface area contributed by atoms with E-state index in [-0.39, 0.29) is 17.7 Å². The predicted molar refractivity (Wildman–Crippen MR) is 107 cm³/mol. The summed E-state index contributed by atoms with van der Waals surface area (Å²) in [5.41, 5.74) is 1.08. The molecule has 0 saturated carbocycles. The molecule has 29 heavy (non-hydrogen) atoms. The van der Waals surface area contributed by atoms with Crippen molar-refractivity contribution in [1.82, 2.24) is 25.0 Å². The molecule has 1 aliphatic heterocycles. The van der Waals surface area contributed by atoms with Gasteiger partial charge in [0.25, 0.3) is 0 Å². The molecule has 3 rings (SSSR count). The van der Waals surface area contributed by atoms with Crippen LogP contribution in [-0.4, -0.2) is 64.6 Å². The van der Waals surface area contributed by atoms with Crippen LogP contribution in [0.25, 0.3) is 0 Å². The maximum absolute atomic E-state index is 12.0. The Bertz CT molecular complexity index is 838. The highest BCUT2D eigenvalue weighted by Crippen LogP contribution is 2.27. The number of amides is 1. The van der Waals surface area contributed by atoms with Gasteiger partial charge in [0.15, 0.2) is 17.3 Å². The third-order valence-electron chi connectivity index (χ3n) is 5.10. The number of nitrogens with one attached hydrogen (secondary N) is 1. The number of hydrogen-bond donors (Lipinski definition) is 2. The number of fused-ring (bicyclic) bond motifs is 1. The number of nitrogens with zero attached hydrogens (tertiary/aromatic N) is 4. The largest absolute Gasteiger partial charge is 0.504 e. The van der Waals surface area contributed by atoms with E-state index in [1.807, 2.05) is 19.1 Å². The van der Waals surface area contributed by atoms with Crippen LogP contribution < -0.4 is 10.1 Å². The minimum atomic E-state index is -0.214. The third kappa shape index (κ3) is 5.24. The molecule has 9 heteroatoms. The number of phenolic OH excluding ortho intramolecular Hbond substituents is 1. The van der Waals surface area contributed by atoms with Crippen molar-refractivity contribution in [2.45, 2.75) is 38.9 Å². The lowest BCUT2D eigenvalue weighted by molar-refractivity contribution is -0.122. The topological polar surface area (TPSA) is 102 Å². The Kier molecular flexibility index (Phi) is 7.05. The Hall–Kier alpha value is -2.65. The van der Waals surface area contributed by atoms with E-state index in [0.29, 0.717) is 18.8 Å². The maximum Gasteiger partial charge on any atom is 0.222 e. The Morgan fingerprint density at radius 3 is 2.86 bits per heavy atom. The van der Waals surface area contributed by atoms with Gasteiger partial charge in [-0.1, -0.05) is 6.07 Å². The molecule has 1 aromatic carbocycles. The average molecular weight is 403 g/mol. The smallest absolute Gasteiger partial charge is 0.222 e. The minimum absolute atomic E-state index is 0.0618. The van der Waals surface area contributed by atoms with Crippen LogP contribution in [0.15, 0.2) is 18.2 Å². The molecule has 0 fully saturated rings. The highest BCUT2D eigenvalue weighted by atomic mass is 16.5. The van der Waals surface area contributed by atoms with E-state index in [0.717, 1.165) is 49.8 Å². The highest BCUT2D eigenvalue weighted by molar-refractivity contribution is 5.76. The van der Waals surface area contributed by atoms with Gasteiger partial charge in [-0.3, -0.25) is 9.69 Å². The van der Waals surface area contributed by atoms with Gasteiger partial charge in [0.2, 0.25) is 5.91 Å². The van der Waals surface area contributed by atoms with Crippen molar-refractivity contribution < 1.29 is 19.4 Å². The number of carbonyl (C=O) groups excluding carboxylic acids is 1. The zero-order chi connectivity index (χ0) is 20.8. The Morgan fingerprint density at radius 1 is 1.28 bits per heavy atom. The van der Waals surface area contributed by atoms with Gasteiger partial charge in [0.1, 0.15) is 5.82 Å². The van der Waals surface area contributed by atoms with E-state index in [4.69, 9.17) is 9.47 Å². The summed E-state index contributed by atoms with van der Waals surface area (Å²) in [6, 6.07) is 5.22. The molecule has 158 valence electrons. The monoisotopic (exact) mass is 403 g/mol. The molecule has 0 bridgehead atoms. The lowest BCUT2D eigenvalue weighted by Gasteiger charge is -2.20. The van der Waals surface area contributed by atoms with Crippen LogP contribution in [-0.2, 0) is 29.0 Å². The van der Waals surface area contributed by atoms with E-state index < -0.39 is 0 Å². The first-order chi connectivity index (χ1) is 14.0. The molecule has 1 atom stereocenters. The number of phenols is 1. The summed E-state index contributed by atoms with van der Waals surface area (Å²) < 4.78 is 12.3. The molecule has 0 spiro atoms. The van der Waals surface area contributed by atoms with E-state index in [1.165, 1.54) is 0 Å². The van der Waals surface area contributed by atoms with Crippen LogP contribution in [0.1, 0.15) is 36.6 Å². The average Bonchev–Trinajstić information content (AvgIpc) is 3.02. The number of carbonyl (C=O) groups is 1. The zero-order valence-electron chi connectivity index (χ0n) is 17.2. The van der Waals surface area contributed by atoms with E-state index >= 15 is 0 Å². The van der Waals surface area contributed by atoms with Crippen molar-refractivity contribution >= 4 is 5.91 Å². The minimum Gasteiger partial charge on any atom is -0.504 e. The highest BCUT2D eigenvalue weighted by Gasteiger charge is 2.23. The first-order valence-electron chi connectivity index (χ1n) is 9.80.